The lowest BCUT2D eigenvalue weighted by Gasteiger charge is -2.45. The Balaban J connectivity index is 1.68. The van der Waals surface area contributed by atoms with E-state index in [4.69, 9.17) is 4.74 Å². The van der Waals surface area contributed by atoms with Crippen molar-refractivity contribution < 1.29 is 9.53 Å². The van der Waals surface area contributed by atoms with E-state index in [0.29, 0.717) is 32.2 Å². The first-order chi connectivity index (χ1) is 12.1. The number of fused-ring (bicyclic) bond motifs is 1. The van der Waals surface area contributed by atoms with Crippen molar-refractivity contribution in [1.29, 1.82) is 0 Å². The summed E-state index contributed by atoms with van der Waals surface area (Å²) >= 11 is 0. The molecule has 0 radical (unpaired) electrons. The number of nitrogens with zero attached hydrogens (tertiary/aromatic N) is 3. The zero-order valence-corrected chi connectivity index (χ0v) is 14.9. The van der Waals surface area contributed by atoms with E-state index in [1.165, 1.54) is 0 Å². The van der Waals surface area contributed by atoms with Crippen LogP contribution in [0.5, 0.6) is 0 Å². The van der Waals surface area contributed by atoms with Crippen molar-refractivity contribution in [3.05, 3.63) is 34.7 Å². The molecule has 1 aliphatic heterocycles. The predicted molar refractivity (Wildman–Crippen MR) is 95.5 cm³/mol. The number of benzene rings is 1. The van der Waals surface area contributed by atoms with Gasteiger partial charge < -0.3 is 9.64 Å². The largest absolute Gasteiger partial charge is 0.377 e. The number of hydrogen-bond donors (Lipinski definition) is 0. The van der Waals surface area contributed by atoms with Crippen LogP contribution in [-0.2, 0) is 22.6 Å². The SMILES string of the molecule is CCn1c(=O)n(CC(=O)N2CCOCC2(C)C2CC2)c2ccccc21. The van der Waals surface area contributed by atoms with E-state index in [-0.39, 0.29) is 23.7 Å². The molecule has 1 aliphatic carbocycles. The molecule has 0 bridgehead atoms. The molecule has 4 rings (SSSR count). The Kier molecular flexibility index (Phi) is 3.95. The number of aromatic nitrogens is 2. The van der Waals surface area contributed by atoms with Crippen LogP contribution in [0.1, 0.15) is 26.7 Å². The quantitative estimate of drug-likeness (QED) is 0.851. The van der Waals surface area contributed by atoms with E-state index in [9.17, 15) is 9.59 Å². The third kappa shape index (κ3) is 2.59. The number of amides is 1. The summed E-state index contributed by atoms with van der Waals surface area (Å²) in [6.07, 6.45) is 2.30. The summed E-state index contributed by atoms with van der Waals surface area (Å²) < 4.78 is 9.01. The maximum atomic E-state index is 13.1. The van der Waals surface area contributed by atoms with Crippen LogP contribution in [0.4, 0.5) is 0 Å². The van der Waals surface area contributed by atoms with Crippen LogP contribution in [0, 0.1) is 5.92 Å². The molecule has 1 saturated heterocycles. The van der Waals surface area contributed by atoms with E-state index in [1.807, 2.05) is 36.1 Å². The Bertz CT molecular complexity index is 864. The van der Waals surface area contributed by atoms with E-state index in [2.05, 4.69) is 6.92 Å². The maximum absolute atomic E-state index is 13.1. The van der Waals surface area contributed by atoms with Crippen LogP contribution in [-0.4, -0.2) is 45.2 Å². The molecule has 6 nitrogen and oxygen atoms in total. The highest BCUT2D eigenvalue weighted by molar-refractivity contribution is 5.81. The van der Waals surface area contributed by atoms with Gasteiger partial charge in [-0.1, -0.05) is 12.1 Å². The van der Waals surface area contributed by atoms with Gasteiger partial charge in [-0.25, -0.2) is 4.79 Å². The van der Waals surface area contributed by atoms with Gasteiger partial charge in [-0.05, 0) is 44.7 Å². The summed E-state index contributed by atoms with van der Waals surface area (Å²) in [5.74, 6) is 0.532. The number of rotatable bonds is 4. The van der Waals surface area contributed by atoms with Crippen LogP contribution in [0.15, 0.2) is 29.1 Å². The molecular formula is C19H25N3O3. The van der Waals surface area contributed by atoms with Crippen molar-refractivity contribution >= 4 is 16.9 Å². The molecule has 25 heavy (non-hydrogen) atoms. The molecule has 6 heteroatoms. The van der Waals surface area contributed by atoms with Gasteiger partial charge in [0.15, 0.2) is 0 Å². The number of hydrogen-bond acceptors (Lipinski definition) is 3. The van der Waals surface area contributed by atoms with E-state index in [0.717, 1.165) is 23.9 Å². The van der Waals surface area contributed by atoms with Gasteiger partial charge in [-0.15, -0.1) is 0 Å². The third-order valence-corrected chi connectivity index (χ3v) is 5.76. The van der Waals surface area contributed by atoms with Crippen LogP contribution in [0.2, 0.25) is 0 Å². The second kappa shape index (κ2) is 6.02. The minimum Gasteiger partial charge on any atom is -0.377 e. The lowest BCUT2D eigenvalue weighted by Crippen LogP contribution is -2.59. The third-order valence-electron chi connectivity index (χ3n) is 5.76. The molecule has 1 aromatic carbocycles. The minimum absolute atomic E-state index is 0.0128. The fourth-order valence-corrected chi connectivity index (χ4v) is 4.17. The minimum atomic E-state index is -0.234. The highest BCUT2D eigenvalue weighted by Crippen LogP contribution is 2.44. The molecule has 1 saturated carbocycles. The number of imidazole rings is 1. The molecule has 134 valence electrons. The lowest BCUT2D eigenvalue weighted by molar-refractivity contribution is -0.150. The normalized spacial score (nSPS) is 24.0. The van der Waals surface area contributed by atoms with Gasteiger partial charge in [0.05, 0.1) is 29.8 Å². The van der Waals surface area contributed by atoms with Crippen LogP contribution in [0.3, 0.4) is 0 Å². The number of carbonyl (C=O) groups is 1. The Morgan fingerprint density at radius 2 is 1.92 bits per heavy atom. The molecular weight excluding hydrogens is 318 g/mol. The van der Waals surface area contributed by atoms with E-state index in [1.54, 1.807) is 9.13 Å². The molecule has 2 fully saturated rings. The van der Waals surface area contributed by atoms with Crippen LogP contribution < -0.4 is 5.69 Å². The van der Waals surface area contributed by atoms with Gasteiger partial charge in [0, 0.05) is 13.1 Å². The molecule has 1 atom stereocenters. The van der Waals surface area contributed by atoms with Gasteiger partial charge in [-0.3, -0.25) is 13.9 Å². The Labute approximate surface area is 147 Å². The smallest absolute Gasteiger partial charge is 0.329 e. The number of ether oxygens (including phenoxy) is 1. The van der Waals surface area contributed by atoms with Gasteiger partial charge >= 0.3 is 5.69 Å². The van der Waals surface area contributed by atoms with Crippen LogP contribution in [0.25, 0.3) is 11.0 Å². The predicted octanol–water partition coefficient (Wildman–Crippen LogP) is 1.85. The first-order valence-corrected chi connectivity index (χ1v) is 9.12. The van der Waals surface area contributed by atoms with E-state index >= 15 is 0 Å². The standard InChI is InChI=1S/C19H25N3O3/c1-3-20-15-6-4-5-7-16(15)21(18(20)24)12-17(23)22-10-11-25-13-19(22,2)14-8-9-14/h4-7,14H,3,8-13H2,1-2H3. The van der Waals surface area contributed by atoms with Crippen molar-refractivity contribution in [2.75, 3.05) is 19.8 Å². The van der Waals surface area contributed by atoms with Crippen molar-refractivity contribution in [2.24, 2.45) is 5.92 Å². The molecule has 1 amide bonds. The number of para-hydroxylation sites is 2. The summed E-state index contributed by atoms with van der Waals surface area (Å²) in [5, 5.41) is 0. The maximum Gasteiger partial charge on any atom is 0.329 e. The first-order valence-electron chi connectivity index (χ1n) is 9.12. The monoisotopic (exact) mass is 343 g/mol. The molecule has 0 N–H and O–H groups in total. The Hall–Kier alpha value is -2.08. The molecule has 0 spiro atoms. The molecule has 1 aromatic heterocycles. The first kappa shape index (κ1) is 16.4. The van der Waals surface area contributed by atoms with Crippen molar-refractivity contribution in [3.8, 4) is 0 Å². The van der Waals surface area contributed by atoms with Gasteiger partial charge in [0.1, 0.15) is 6.54 Å². The summed E-state index contributed by atoms with van der Waals surface area (Å²) in [5.41, 5.74) is 1.36. The summed E-state index contributed by atoms with van der Waals surface area (Å²) in [7, 11) is 0. The summed E-state index contributed by atoms with van der Waals surface area (Å²) in [6, 6.07) is 7.68. The molecule has 2 heterocycles. The Morgan fingerprint density at radius 3 is 2.56 bits per heavy atom. The zero-order chi connectivity index (χ0) is 17.6. The average molecular weight is 343 g/mol. The number of aryl methyl sites for hydroxylation is 1. The zero-order valence-electron chi connectivity index (χ0n) is 14.9. The fourth-order valence-electron chi connectivity index (χ4n) is 4.17. The molecule has 1 unspecified atom stereocenters. The topological polar surface area (TPSA) is 56.5 Å². The second-order valence-corrected chi connectivity index (χ2v) is 7.33. The highest BCUT2D eigenvalue weighted by Gasteiger charge is 2.49. The van der Waals surface area contributed by atoms with Crippen molar-refractivity contribution in [1.82, 2.24) is 14.0 Å². The average Bonchev–Trinajstić information content (AvgIpc) is 3.43. The van der Waals surface area contributed by atoms with Gasteiger partial charge in [0.2, 0.25) is 5.91 Å². The van der Waals surface area contributed by atoms with Gasteiger partial charge in [0.25, 0.3) is 0 Å². The van der Waals surface area contributed by atoms with E-state index < -0.39 is 0 Å². The summed E-state index contributed by atoms with van der Waals surface area (Å²) in [4.78, 5) is 27.8. The van der Waals surface area contributed by atoms with Crippen molar-refractivity contribution in [2.45, 2.75) is 45.3 Å². The van der Waals surface area contributed by atoms with Gasteiger partial charge in [-0.2, -0.15) is 0 Å². The second-order valence-electron chi connectivity index (χ2n) is 7.33. The Morgan fingerprint density at radius 1 is 1.24 bits per heavy atom. The summed E-state index contributed by atoms with van der Waals surface area (Å²) in [6.45, 7) is 6.53. The van der Waals surface area contributed by atoms with Crippen molar-refractivity contribution in [3.63, 3.8) is 0 Å². The fraction of sp³-hybridized carbons (Fsp3) is 0.579. The molecule has 2 aliphatic rings. The highest BCUT2D eigenvalue weighted by atomic mass is 16.5. The lowest BCUT2D eigenvalue weighted by atomic mass is 9.93. The number of morpholine rings is 1. The molecule has 2 aromatic rings. The van der Waals surface area contributed by atoms with Crippen LogP contribution >= 0.6 is 0 Å². The number of carbonyl (C=O) groups excluding carboxylic acids is 1.